The van der Waals surface area contributed by atoms with Crippen LogP contribution in [0.4, 0.5) is 0 Å². The summed E-state index contributed by atoms with van der Waals surface area (Å²) in [6.45, 7) is 7.66. The number of esters is 1. The third-order valence-electron chi connectivity index (χ3n) is 31.0. The maximum atomic E-state index is 12.0. The van der Waals surface area contributed by atoms with Gasteiger partial charge in [0.2, 0.25) is 0 Å². The first-order valence-corrected chi connectivity index (χ1v) is 51.0. The van der Waals surface area contributed by atoms with Gasteiger partial charge < -0.3 is 47.1 Å². The summed E-state index contributed by atoms with van der Waals surface area (Å²) >= 11 is 0. The number of aliphatic hydroxyl groups is 1. The summed E-state index contributed by atoms with van der Waals surface area (Å²) in [4.78, 5) is 29.3. The van der Waals surface area contributed by atoms with Gasteiger partial charge in [-0.3, -0.25) is 24.1 Å². The molecule has 140 heavy (non-hydrogen) atoms. The fourth-order valence-electron chi connectivity index (χ4n) is 24.6. The monoisotopic (exact) mass is 1890 g/mol. The third-order valence-corrected chi connectivity index (χ3v) is 31.6. The molecule has 1 N–H and O–H groups in total. The van der Waals surface area contributed by atoms with Crippen LogP contribution < -0.4 is 18.9 Å². The number of nitrogens with zero attached hydrogens (tertiary/aromatic N) is 7. The number of methoxy groups -OCH3 is 1. The van der Waals surface area contributed by atoms with Gasteiger partial charge in [0, 0.05) is 86.9 Å². The predicted octanol–water partition coefficient (Wildman–Crippen LogP) is 24.8. The number of pyridine rings is 4. The number of carbonyl (C=O) groups excluding carboxylic acids is 1. The summed E-state index contributed by atoms with van der Waals surface area (Å²) < 4.78 is 78.0. The van der Waals surface area contributed by atoms with Crippen molar-refractivity contribution in [3.05, 3.63) is 406 Å². The Hall–Kier alpha value is -13.9. The number of rotatable bonds is 31. The molecule has 8 aliphatic rings. The van der Waals surface area contributed by atoms with Gasteiger partial charge >= 0.3 is 5.97 Å². The van der Waals surface area contributed by atoms with E-state index in [4.69, 9.17) is 46.2 Å². The Morgan fingerprint density at radius 2 is 0.664 bits per heavy atom. The van der Waals surface area contributed by atoms with Crippen molar-refractivity contribution in [2.24, 2.45) is 47.3 Å². The van der Waals surface area contributed by atoms with E-state index in [9.17, 15) is 18.3 Å². The Balaban J connectivity index is 0.000000115. The number of benzene rings is 8. The van der Waals surface area contributed by atoms with Crippen LogP contribution in [0.25, 0.3) is 39.7 Å². The predicted molar refractivity (Wildman–Crippen MR) is 535 cm³/mol. The molecule has 8 bridgehead atoms. The van der Waals surface area contributed by atoms with Crippen LogP contribution in [0.5, 0.6) is 23.0 Å². The molecule has 0 saturated heterocycles. The highest BCUT2D eigenvalue weighted by molar-refractivity contribution is 7.85. The minimum Gasteiger partial charge on any atom is -0.497 e. The number of hydrogen-bond donors (Lipinski definition) is 1. The van der Waals surface area contributed by atoms with E-state index in [-0.39, 0.29) is 40.6 Å². The van der Waals surface area contributed by atoms with Crippen molar-refractivity contribution >= 4 is 21.8 Å². The van der Waals surface area contributed by atoms with Gasteiger partial charge in [0.25, 0.3) is 10.1 Å². The Morgan fingerprint density at radius 3 is 0.929 bits per heavy atom. The van der Waals surface area contributed by atoms with Crippen LogP contribution in [-0.2, 0) is 85.1 Å². The van der Waals surface area contributed by atoms with Gasteiger partial charge in [-0.15, -0.1) is 0 Å². The van der Waals surface area contributed by atoms with Crippen LogP contribution in [-0.4, -0.2) is 74.9 Å². The number of ether oxygens (including phenoxy) is 6. The molecule has 0 spiro atoms. The quantitative estimate of drug-likeness (QED) is 0.0240. The van der Waals surface area contributed by atoms with E-state index < -0.39 is 16.1 Å². The maximum absolute atomic E-state index is 12.0. The molecule has 23 rings (SSSR count). The van der Waals surface area contributed by atoms with E-state index in [0.717, 1.165) is 104 Å². The molecule has 0 amide bonds. The average Bonchev–Trinajstić information content (AvgIpc) is 1.57. The molecular formula is C118H117N7O14S. The summed E-state index contributed by atoms with van der Waals surface area (Å²) in [6.07, 6.45) is 28.6. The number of hydrogen-bond acceptors (Lipinski definition) is 21. The molecule has 8 unspecified atom stereocenters. The molecule has 714 valence electrons. The fourth-order valence-corrected chi connectivity index (χ4v) is 24.9. The highest BCUT2D eigenvalue weighted by Gasteiger charge is 2.57. The van der Waals surface area contributed by atoms with E-state index >= 15 is 0 Å². The lowest BCUT2D eigenvalue weighted by Crippen LogP contribution is -2.34. The lowest BCUT2D eigenvalue weighted by atomic mass is 9.64. The van der Waals surface area contributed by atoms with Crippen LogP contribution in [0.1, 0.15) is 204 Å². The molecule has 22 heteroatoms. The first-order valence-electron chi connectivity index (χ1n) is 49.2. The van der Waals surface area contributed by atoms with Gasteiger partial charge in [-0.05, 0) is 273 Å². The smallest absolute Gasteiger partial charge is 0.360 e. The molecule has 12 atom stereocenters. The van der Waals surface area contributed by atoms with Crippen LogP contribution in [0.15, 0.2) is 330 Å². The topological polar surface area (TPSA) is 266 Å². The first-order chi connectivity index (χ1) is 68.5. The van der Waals surface area contributed by atoms with Crippen molar-refractivity contribution in [3.63, 3.8) is 0 Å². The average molecular weight is 1890 g/mol. The number of fused-ring (bicyclic) bond motifs is 8. The molecule has 15 aromatic rings. The lowest BCUT2D eigenvalue weighted by Gasteiger charge is -2.39. The minimum absolute atomic E-state index is 0.00152. The molecule has 0 radical (unpaired) electrons. The summed E-state index contributed by atoms with van der Waals surface area (Å²) in [5, 5.41) is 21.0. The molecule has 7 heterocycles. The fraction of sp³-hybridized carbons (Fsp3) is 0.322. The second-order valence-corrected chi connectivity index (χ2v) is 40.6. The number of aliphatic hydroxyl groups excluding tert-OH is 1. The summed E-state index contributed by atoms with van der Waals surface area (Å²) in [5.74, 6) is 11.3. The van der Waals surface area contributed by atoms with Crippen LogP contribution in [0.2, 0.25) is 0 Å². The zero-order chi connectivity index (χ0) is 95.6. The van der Waals surface area contributed by atoms with Gasteiger partial charge in [-0.1, -0.05) is 218 Å². The van der Waals surface area contributed by atoms with E-state index in [1.54, 1.807) is 57.0 Å². The summed E-state index contributed by atoms with van der Waals surface area (Å²) in [7, 11) is -1.87. The molecule has 8 fully saturated rings. The van der Waals surface area contributed by atoms with Crippen LogP contribution >= 0.6 is 0 Å². The SMILES string of the molecule is C=C(OC)c1ccc([C@]2(c3ccc(OCc4ccccn4)cc3)CC3CCC2C3)cc1.CCOC(=O)c1cc(-c2ccc([C@]3(c4ccc(OCc5ccccn5)cc4)CC4CCC3C4)cc2)on1.CS(=O)(=O)OCc1cc(-c2ccc([C@]3(c4ccc(OCc5ccccn5)cc4)CC4CCC3C4)cc2)on1.OCc1cc(-c2ccc([C@]3(c4ccc(OCc5ccccn5)cc4)CC4CCC3C4)cc2)on1. The van der Waals surface area contributed by atoms with Crippen molar-refractivity contribution < 1.29 is 64.5 Å². The molecule has 21 nitrogen and oxygen atoms in total. The first kappa shape index (κ1) is 93.7. The van der Waals surface area contributed by atoms with Gasteiger partial charge in [0.05, 0.1) is 49.4 Å². The van der Waals surface area contributed by atoms with Crippen molar-refractivity contribution in [1.29, 1.82) is 0 Å². The van der Waals surface area contributed by atoms with Crippen molar-refractivity contribution in [1.82, 2.24) is 35.4 Å². The van der Waals surface area contributed by atoms with Gasteiger partial charge in [-0.2, -0.15) is 8.42 Å². The van der Waals surface area contributed by atoms with E-state index in [1.165, 1.54) is 141 Å². The Kier molecular flexibility index (Phi) is 27.9. The van der Waals surface area contributed by atoms with Gasteiger partial charge in [-0.25, -0.2) is 4.79 Å². The summed E-state index contributed by atoms with van der Waals surface area (Å²) in [5.41, 5.74) is 19.7. The van der Waals surface area contributed by atoms with E-state index in [2.05, 4.69) is 236 Å². The van der Waals surface area contributed by atoms with Crippen molar-refractivity contribution in [2.75, 3.05) is 20.0 Å². The molecular weight excluding hydrogens is 1770 g/mol. The normalized spacial score (nSPS) is 23.0. The second kappa shape index (κ2) is 41.6. The zero-order valence-electron chi connectivity index (χ0n) is 79.3. The Bertz CT molecular complexity index is 6800. The highest BCUT2D eigenvalue weighted by atomic mass is 32.2. The third kappa shape index (κ3) is 20.1. The summed E-state index contributed by atoms with van der Waals surface area (Å²) in [6, 6.07) is 98.1. The minimum atomic E-state index is -3.54. The lowest BCUT2D eigenvalue weighted by molar-refractivity contribution is 0.0514. The molecule has 8 saturated carbocycles. The molecule has 0 aliphatic heterocycles. The van der Waals surface area contributed by atoms with Gasteiger partial charge in [0.15, 0.2) is 23.0 Å². The van der Waals surface area contributed by atoms with Crippen molar-refractivity contribution in [3.8, 4) is 57.0 Å². The van der Waals surface area contributed by atoms with E-state index in [1.807, 2.05) is 72.8 Å². The Morgan fingerprint density at radius 1 is 0.371 bits per heavy atom. The van der Waals surface area contributed by atoms with E-state index in [0.29, 0.717) is 91.1 Å². The van der Waals surface area contributed by atoms with Crippen LogP contribution in [0.3, 0.4) is 0 Å². The van der Waals surface area contributed by atoms with Crippen LogP contribution in [0, 0.1) is 47.3 Å². The second-order valence-electron chi connectivity index (χ2n) is 39.0. The zero-order valence-corrected chi connectivity index (χ0v) is 80.1. The largest absolute Gasteiger partial charge is 0.497 e. The van der Waals surface area contributed by atoms with Crippen molar-refractivity contribution in [2.45, 2.75) is 171 Å². The van der Waals surface area contributed by atoms with Gasteiger partial charge in [0.1, 0.15) is 73.2 Å². The molecule has 7 aromatic heterocycles. The number of aromatic nitrogens is 7. The number of carbonyl (C=O) groups is 1. The molecule has 8 aromatic carbocycles. The highest BCUT2D eigenvalue weighted by Crippen LogP contribution is 2.65. The molecule has 8 aliphatic carbocycles. The standard InChI is InChI=1S/C31H30N2O4.C30H30N2O5S.C29H28N2O3.C28H29NO2/c1-2-35-30(34)28-18-29(37-33-28)22-7-10-23(11-8-22)31(19-21-6-9-25(31)17-21)24-12-14-27(15-13-24)36-20-26-5-3-4-16-32-26;1-38(33,34)36-20-27-17-29(37-32-27)22-6-9-23(10-7-22)30(18-21-5-8-25(30)16-21)24-11-13-28(14-12-24)35-19-26-4-2-3-15-31-26;32-18-26-16-28(34-31-26)21-5-8-22(9-6-21)29(17-20-4-7-24(29)15-20)23-10-12-27(13-11-23)33-19-25-3-1-2-14-30-25;1-20(30-2)22-7-10-23(11-8-22)28(18-21-6-9-25(28)17-21)24-12-14-27(15-13-24)31-19-26-5-3-4-16-29-26/h3-5,7-8,10-16,18,21,25H,2,6,9,17,19-20H2,1H3;2-4,6-7,9-15,17,21,25H,5,8,16,18-20H2,1H3;1-3,5-6,8-14,16,20,24,32H,4,7,15,17-19H2;3-5,7-8,10-16,21,25H,1,6,9,17-19H2,2H3/t21?,25?,31-;21?,25?,30-;20?,24?,29-;21?,25?,28-/m0000/s1. The Labute approximate surface area is 818 Å². The maximum Gasteiger partial charge on any atom is 0.360 e.